The first-order chi connectivity index (χ1) is 6.06. The van der Waals surface area contributed by atoms with Crippen molar-refractivity contribution >= 4 is 5.91 Å². The van der Waals surface area contributed by atoms with E-state index in [1.165, 1.54) is 0 Å². The third-order valence-corrected chi connectivity index (χ3v) is 1.23. The standard InChI is InChI=1S/C6H16NO.C4H7NO.ClH/c1-6(8)5-7(2,3)4;1-3(2)4(5)6;/h6,8H,5H2,1-4H3;1H2,2H3,(H2,5,6);1H/q+1;;/p-1. The van der Waals surface area contributed by atoms with E-state index in [1.807, 2.05) is 6.92 Å². The molecule has 0 spiro atoms. The molecule has 15 heavy (non-hydrogen) atoms. The van der Waals surface area contributed by atoms with Crippen molar-refractivity contribution in [3.63, 3.8) is 0 Å². The first-order valence-corrected chi connectivity index (χ1v) is 4.50. The zero-order chi connectivity index (χ0) is 11.9. The second kappa shape index (κ2) is 8.71. The van der Waals surface area contributed by atoms with Gasteiger partial charge in [-0.2, -0.15) is 0 Å². The minimum absolute atomic E-state index is 0. The predicted octanol–water partition coefficient (Wildman–Crippen LogP) is -2.87. The van der Waals surface area contributed by atoms with Crippen molar-refractivity contribution < 1.29 is 26.8 Å². The van der Waals surface area contributed by atoms with E-state index in [0.717, 1.165) is 11.0 Å². The molecule has 0 aromatic rings. The fraction of sp³-hybridized carbons (Fsp3) is 0.700. The van der Waals surface area contributed by atoms with Crippen LogP contribution >= 0.6 is 0 Å². The fourth-order valence-corrected chi connectivity index (χ4v) is 0.793. The molecule has 0 aromatic carbocycles. The SMILES string of the molecule is C=C(C)C(N)=O.CC(O)C[N+](C)(C)C.[Cl-]. The van der Waals surface area contributed by atoms with Crippen molar-refractivity contribution in [1.82, 2.24) is 0 Å². The molecule has 92 valence electrons. The summed E-state index contributed by atoms with van der Waals surface area (Å²) in [5, 5.41) is 8.87. The molecule has 0 aliphatic heterocycles. The average molecular weight is 239 g/mol. The number of quaternary nitrogens is 1. The highest BCUT2D eigenvalue weighted by Gasteiger charge is 2.09. The van der Waals surface area contributed by atoms with Crippen LogP contribution in [0, 0.1) is 0 Å². The second-order valence-corrected chi connectivity index (χ2v) is 4.47. The van der Waals surface area contributed by atoms with E-state index in [1.54, 1.807) is 6.92 Å². The van der Waals surface area contributed by atoms with Gasteiger partial charge in [0, 0.05) is 5.57 Å². The molecule has 3 N–H and O–H groups in total. The van der Waals surface area contributed by atoms with Gasteiger partial charge >= 0.3 is 0 Å². The highest BCUT2D eigenvalue weighted by molar-refractivity contribution is 5.90. The number of carbonyl (C=O) groups is 1. The van der Waals surface area contributed by atoms with Crippen LogP contribution in [0.5, 0.6) is 0 Å². The van der Waals surface area contributed by atoms with Gasteiger partial charge in [0.1, 0.15) is 12.6 Å². The van der Waals surface area contributed by atoms with Crippen LogP contribution in [0.1, 0.15) is 13.8 Å². The number of amides is 1. The Balaban J connectivity index is -0.000000187. The number of hydrogen-bond acceptors (Lipinski definition) is 2. The highest BCUT2D eigenvalue weighted by Crippen LogP contribution is 1.92. The van der Waals surface area contributed by atoms with Crippen molar-refractivity contribution in [2.45, 2.75) is 20.0 Å². The first kappa shape index (κ1) is 19.9. The molecule has 4 nitrogen and oxygen atoms in total. The number of nitrogens with two attached hydrogens (primary N) is 1. The lowest BCUT2D eigenvalue weighted by molar-refractivity contribution is -0.873. The molecule has 1 atom stereocenters. The van der Waals surface area contributed by atoms with Crippen LogP contribution < -0.4 is 18.1 Å². The van der Waals surface area contributed by atoms with E-state index in [9.17, 15) is 4.79 Å². The lowest BCUT2D eigenvalue weighted by Crippen LogP contribution is -3.00. The van der Waals surface area contributed by atoms with Gasteiger partial charge in [-0.25, -0.2) is 0 Å². The summed E-state index contributed by atoms with van der Waals surface area (Å²) in [4.78, 5) is 9.82. The molecular weight excluding hydrogens is 216 g/mol. The molecule has 0 heterocycles. The largest absolute Gasteiger partial charge is 1.00 e. The summed E-state index contributed by atoms with van der Waals surface area (Å²) in [6.07, 6.45) is -0.185. The topological polar surface area (TPSA) is 63.3 Å². The smallest absolute Gasteiger partial charge is 0.243 e. The Morgan fingerprint density at radius 3 is 1.73 bits per heavy atom. The number of halogens is 1. The number of primary amides is 1. The molecule has 0 rings (SSSR count). The second-order valence-electron chi connectivity index (χ2n) is 4.47. The maximum absolute atomic E-state index is 9.82. The van der Waals surface area contributed by atoms with E-state index in [0.29, 0.717) is 5.57 Å². The first-order valence-electron chi connectivity index (χ1n) is 4.50. The molecule has 0 bridgehead atoms. The molecule has 0 radical (unpaired) electrons. The fourth-order valence-electron chi connectivity index (χ4n) is 0.793. The van der Waals surface area contributed by atoms with Gasteiger partial charge in [0.15, 0.2) is 0 Å². The lowest BCUT2D eigenvalue weighted by Gasteiger charge is -2.24. The summed E-state index contributed by atoms with van der Waals surface area (Å²) in [5.74, 6) is -0.435. The van der Waals surface area contributed by atoms with Gasteiger partial charge in [0.05, 0.1) is 21.1 Å². The van der Waals surface area contributed by atoms with Crippen molar-refractivity contribution in [3.8, 4) is 0 Å². The van der Waals surface area contributed by atoms with Crippen molar-refractivity contribution in [1.29, 1.82) is 0 Å². The Hall–Kier alpha value is -0.580. The van der Waals surface area contributed by atoms with Gasteiger partial charge in [-0.3, -0.25) is 4.79 Å². The molecule has 1 unspecified atom stereocenters. The molecule has 0 saturated carbocycles. The van der Waals surface area contributed by atoms with Crippen molar-refractivity contribution in [2.24, 2.45) is 5.73 Å². The molecule has 0 saturated heterocycles. The maximum atomic E-state index is 9.82. The zero-order valence-electron chi connectivity index (χ0n) is 10.2. The van der Waals surface area contributed by atoms with E-state index in [-0.39, 0.29) is 18.5 Å². The van der Waals surface area contributed by atoms with Crippen molar-refractivity contribution in [3.05, 3.63) is 12.2 Å². The molecule has 0 aromatic heterocycles. The van der Waals surface area contributed by atoms with Crippen LogP contribution in [-0.4, -0.2) is 49.3 Å². The number of aliphatic hydroxyl groups excluding tert-OH is 1. The van der Waals surface area contributed by atoms with Gasteiger partial charge in [-0.15, -0.1) is 0 Å². The monoisotopic (exact) mass is 238 g/mol. The average Bonchev–Trinajstić information content (AvgIpc) is 1.81. The summed E-state index contributed by atoms with van der Waals surface area (Å²) >= 11 is 0. The van der Waals surface area contributed by atoms with Gasteiger partial charge < -0.3 is 27.7 Å². The van der Waals surface area contributed by atoms with E-state index in [4.69, 9.17) is 10.8 Å². The Morgan fingerprint density at radius 1 is 1.47 bits per heavy atom. The number of likely N-dealkylation sites (N-methyl/N-ethyl adjacent to an activating group) is 1. The predicted molar refractivity (Wildman–Crippen MR) is 58.6 cm³/mol. The van der Waals surface area contributed by atoms with Crippen LogP contribution in [-0.2, 0) is 4.79 Å². The number of aliphatic hydroxyl groups is 1. The van der Waals surface area contributed by atoms with E-state index >= 15 is 0 Å². The summed E-state index contributed by atoms with van der Waals surface area (Å²) in [5.41, 5.74) is 5.09. The van der Waals surface area contributed by atoms with Gasteiger partial charge in [-0.1, -0.05) is 6.58 Å². The Kier molecular flexibility index (Phi) is 11.6. The van der Waals surface area contributed by atoms with Crippen LogP contribution in [0.15, 0.2) is 12.2 Å². The molecule has 0 aliphatic carbocycles. The minimum Gasteiger partial charge on any atom is -1.00 e. The van der Waals surface area contributed by atoms with Gasteiger partial charge in [0.2, 0.25) is 5.91 Å². The number of hydrogen-bond donors (Lipinski definition) is 2. The Morgan fingerprint density at radius 2 is 1.73 bits per heavy atom. The number of carbonyl (C=O) groups excluding carboxylic acids is 1. The van der Waals surface area contributed by atoms with E-state index in [2.05, 4.69) is 27.7 Å². The maximum Gasteiger partial charge on any atom is 0.243 e. The molecule has 0 fully saturated rings. The Labute approximate surface area is 98.8 Å². The molecule has 0 aliphatic rings. The zero-order valence-corrected chi connectivity index (χ0v) is 11.0. The summed E-state index contributed by atoms with van der Waals surface area (Å²) in [7, 11) is 6.19. The third kappa shape index (κ3) is 24.7. The highest BCUT2D eigenvalue weighted by atomic mass is 35.5. The van der Waals surface area contributed by atoms with Crippen LogP contribution in [0.3, 0.4) is 0 Å². The summed E-state index contributed by atoms with van der Waals surface area (Å²) in [6.45, 7) is 7.48. The van der Waals surface area contributed by atoms with Crippen LogP contribution in [0.4, 0.5) is 0 Å². The summed E-state index contributed by atoms with van der Waals surface area (Å²) in [6, 6.07) is 0. The molecule has 5 heteroatoms. The van der Waals surface area contributed by atoms with Gasteiger partial charge in [-0.05, 0) is 13.8 Å². The number of nitrogens with zero attached hydrogens (tertiary/aromatic N) is 1. The lowest BCUT2D eigenvalue weighted by atomic mass is 10.3. The molecule has 1 amide bonds. The van der Waals surface area contributed by atoms with E-state index < -0.39 is 5.91 Å². The van der Waals surface area contributed by atoms with Gasteiger partial charge in [0.25, 0.3) is 0 Å². The van der Waals surface area contributed by atoms with Crippen LogP contribution in [0.2, 0.25) is 0 Å². The third-order valence-electron chi connectivity index (χ3n) is 1.23. The minimum atomic E-state index is -0.435. The normalized spacial score (nSPS) is 11.6. The van der Waals surface area contributed by atoms with Crippen LogP contribution in [0.25, 0.3) is 0 Å². The molecular formula is C10H23ClN2O2. The van der Waals surface area contributed by atoms with Crippen molar-refractivity contribution in [2.75, 3.05) is 27.7 Å². The number of rotatable bonds is 3. The summed E-state index contributed by atoms with van der Waals surface area (Å²) < 4.78 is 0.831. The quantitative estimate of drug-likeness (QED) is 0.410. The Bertz CT molecular complexity index is 186.